The number of nitrogens with zero attached hydrogens (tertiary/aromatic N) is 2. The van der Waals surface area contributed by atoms with Gasteiger partial charge >= 0.3 is 0 Å². The Bertz CT molecular complexity index is 754. The predicted molar refractivity (Wildman–Crippen MR) is 93.2 cm³/mol. The van der Waals surface area contributed by atoms with Gasteiger partial charge in [-0.15, -0.1) is 0 Å². The Hall–Kier alpha value is -2.89. The van der Waals surface area contributed by atoms with Gasteiger partial charge in [0.1, 0.15) is 5.82 Å². The Morgan fingerprint density at radius 2 is 1.71 bits per heavy atom. The van der Waals surface area contributed by atoms with Crippen LogP contribution >= 0.6 is 0 Å². The molecule has 3 N–H and O–H groups in total. The lowest BCUT2D eigenvalue weighted by atomic mass is 10.1. The van der Waals surface area contributed by atoms with Crippen molar-refractivity contribution >= 4 is 23.3 Å². The molecule has 0 bridgehead atoms. The number of primary amides is 1. The zero-order valence-corrected chi connectivity index (χ0v) is 13.4. The molecular weight excluding hydrogens is 304 g/mol. The van der Waals surface area contributed by atoms with Crippen LogP contribution in [0, 0.1) is 0 Å². The Balaban J connectivity index is 1.87. The van der Waals surface area contributed by atoms with Gasteiger partial charge in [-0.3, -0.25) is 9.59 Å². The Labute approximate surface area is 140 Å². The molecular formula is C18H20N4O2. The highest BCUT2D eigenvalue weighted by Gasteiger charge is 2.20. The summed E-state index contributed by atoms with van der Waals surface area (Å²) >= 11 is 0. The number of carbonyl (C=O) groups is 2. The Morgan fingerprint density at radius 3 is 2.46 bits per heavy atom. The number of pyridine rings is 1. The second kappa shape index (κ2) is 7.12. The van der Waals surface area contributed by atoms with E-state index in [0.717, 1.165) is 25.9 Å². The number of hydrogen-bond acceptors (Lipinski definition) is 4. The summed E-state index contributed by atoms with van der Waals surface area (Å²) in [5.41, 5.74) is 6.56. The summed E-state index contributed by atoms with van der Waals surface area (Å²) in [6, 6.07) is 10.2. The third-order valence-corrected chi connectivity index (χ3v) is 4.13. The van der Waals surface area contributed by atoms with Gasteiger partial charge in [-0.1, -0.05) is 12.1 Å². The van der Waals surface area contributed by atoms with Crippen LogP contribution in [0.1, 0.15) is 40.0 Å². The number of nitrogens with two attached hydrogens (primary N) is 1. The molecule has 0 atom stereocenters. The van der Waals surface area contributed by atoms with E-state index in [1.165, 1.54) is 6.42 Å². The summed E-state index contributed by atoms with van der Waals surface area (Å²) in [4.78, 5) is 30.8. The molecule has 3 rings (SSSR count). The number of rotatable bonds is 4. The van der Waals surface area contributed by atoms with Crippen LogP contribution < -0.4 is 16.0 Å². The number of amides is 2. The van der Waals surface area contributed by atoms with E-state index in [4.69, 9.17) is 5.73 Å². The lowest BCUT2D eigenvalue weighted by Gasteiger charge is -2.29. The normalized spacial score (nSPS) is 14.2. The third-order valence-electron chi connectivity index (χ3n) is 4.13. The van der Waals surface area contributed by atoms with Crippen LogP contribution in [0.3, 0.4) is 0 Å². The summed E-state index contributed by atoms with van der Waals surface area (Å²) < 4.78 is 0. The van der Waals surface area contributed by atoms with E-state index in [-0.39, 0.29) is 11.5 Å². The maximum Gasteiger partial charge on any atom is 0.259 e. The topological polar surface area (TPSA) is 88.3 Å². The molecule has 0 spiro atoms. The molecule has 0 radical (unpaired) electrons. The van der Waals surface area contributed by atoms with Crippen LogP contribution in [0.5, 0.6) is 0 Å². The summed E-state index contributed by atoms with van der Waals surface area (Å²) in [5, 5.41) is 2.78. The van der Waals surface area contributed by atoms with Crippen LogP contribution in [0.2, 0.25) is 0 Å². The molecule has 0 aliphatic carbocycles. The molecule has 24 heavy (non-hydrogen) atoms. The van der Waals surface area contributed by atoms with Gasteiger partial charge < -0.3 is 16.0 Å². The summed E-state index contributed by atoms with van der Waals surface area (Å²) in [6.45, 7) is 1.80. The zero-order valence-electron chi connectivity index (χ0n) is 13.4. The fraction of sp³-hybridized carbons (Fsp3) is 0.278. The van der Waals surface area contributed by atoms with Gasteiger partial charge in [0.15, 0.2) is 0 Å². The number of hydrogen-bond donors (Lipinski definition) is 2. The fourth-order valence-electron chi connectivity index (χ4n) is 2.93. The van der Waals surface area contributed by atoms with Crippen molar-refractivity contribution in [1.82, 2.24) is 4.98 Å². The molecule has 0 saturated carbocycles. The highest BCUT2D eigenvalue weighted by atomic mass is 16.2. The van der Waals surface area contributed by atoms with E-state index >= 15 is 0 Å². The average molecular weight is 324 g/mol. The van der Waals surface area contributed by atoms with Crippen LogP contribution in [0.15, 0.2) is 42.6 Å². The van der Waals surface area contributed by atoms with E-state index in [1.807, 2.05) is 0 Å². The van der Waals surface area contributed by atoms with E-state index in [1.54, 1.807) is 42.6 Å². The second-order valence-electron chi connectivity index (χ2n) is 5.79. The van der Waals surface area contributed by atoms with Crippen LogP contribution in [-0.2, 0) is 0 Å². The van der Waals surface area contributed by atoms with Crippen LogP contribution in [0.4, 0.5) is 11.5 Å². The monoisotopic (exact) mass is 324 g/mol. The first-order valence-corrected chi connectivity index (χ1v) is 8.07. The number of anilines is 2. The molecule has 1 aliphatic heterocycles. The number of piperidine rings is 1. The average Bonchev–Trinajstić information content (AvgIpc) is 2.62. The van der Waals surface area contributed by atoms with Gasteiger partial charge in [0.05, 0.1) is 16.8 Å². The molecule has 6 heteroatoms. The van der Waals surface area contributed by atoms with Crippen molar-refractivity contribution < 1.29 is 9.59 Å². The van der Waals surface area contributed by atoms with Crippen molar-refractivity contribution in [3.63, 3.8) is 0 Å². The van der Waals surface area contributed by atoms with Gasteiger partial charge in [0.2, 0.25) is 0 Å². The third kappa shape index (κ3) is 3.37. The van der Waals surface area contributed by atoms with E-state index < -0.39 is 5.91 Å². The fourth-order valence-corrected chi connectivity index (χ4v) is 2.93. The molecule has 2 heterocycles. The largest absolute Gasteiger partial charge is 0.366 e. The lowest BCUT2D eigenvalue weighted by Crippen LogP contribution is -2.32. The zero-order chi connectivity index (χ0) is 16.9. The van der Waals surface area contributed by atoms with Gasteiger partial charge in [0.25, 0.3) is 11.8 Å². The molecule has 2 amide bonds. The van der Waals surface area contributed by atoms with Gasteiger partial charge in [0, 0.05) is 19.3 Å². The second-order valence-corrected chi connectivity index (χ2v) is 5.79. The first kappa shape index (κ1) is 16.0. The molecule has 1 aliphatic rings. The number of benzene rings is 1. The maximum atomic E-state index is 12.7. The summed E-state index contributed by atoms with van der Waals surface area (Å²) in [6.07, 6.45) is 5.10. The number of aromatic nitrogens is 1. The van der Waals surface area contributed by atoms with Crippen LogP contribution in [-0.4, -0.2) is 29.9 Å². The van der Waals surface area contributed by atoms with Crippen molar-refractivity contribution in [2.45, 2.75) is 19.3 Å². The minimum atomic E-state index is -0.576. The molecule has 1 aromatic carbocycles. The Morgan fingerprint density at radius 1 is 1.00 bits per heavy atom. The molecule has 1 aromatic heterocycles. The summed E-state index contributed by atoms with van der Waals surface area (Å²) in [5.74, 6) is -0.183. The Kier molecular flexibility index (Phi) is 4.74. The highest BCUT2D eigenvalue weighted by molar-refractivity contribution is 6.10. The van der Waals surface area contributed by atoms with Gasteiger partial charge in [-0.05, 0) is 43.5 Å². The minimum Gasteiger partial charge on any atom is -0.366 e. The van der Waals surface area contributed by atoms with E-state index in [2.05, 4.69) is 15.2 Å². The number of carbonyl (C=O) groups excluding carboxylic acids is 2. The predicted octanol–water partition coefficient (Wildman–Crippen LogP) is 2.42. The van der Waals surface area contributed by atoms with Gasteiger partial charge in [-0.2, -0.15) is 0 Å². The van der Waals surface area contributed by atoms with E-state index in [9.17, 15) is 9.59 Å². The lowest BCUT2D eigenvalue weighted by molar-refractivity contribution is 0.100. The smallest absolute Gasteiger partial charge is 0.259 e. The van der Waals surface area contributed by atoms with Crippen molar-refractivity contribution in [2.75, 3.05) is 23.3 Å². The number of nitrogens with one attached hydrogen (secondary N) is 1. The van der Waals surface area contributed by atoms with Crippen LogP contribution in [0.25, 0.3) is 0 Å². The quantitative estimate of drug-likeness (QED) is 0.904. The SMILES string of the molecule is NC(=O)c1ccccc1NC(=O)c1cccnc1N1CCCCC1. The van der Waals surface area contributed by atoms with Crippen molar-refractivity contribution in [3.8, 4) is 0 Å². The first-order chi connectivity index (χ1) is 11.7. The maximum absolute atomic E-state index is 12.7. The van der Waals surface area contributed by atoms with Crippen molar-refractivity contribution in [1.29, 1.82) is 0 Å². The van der Waals surface area contributed by atoms with Crippen molar-refractivity contribution in [2.24, 2.45) is 5.73 Å². The molecule has 1 saturated heterocycles. The molecule has 124 valence electrons. The van der Waals surface area contributed by atoms with Crippen molar-refractivity contribution in [3.05, 3.63) is 53.7 Å². The highest BCUT2D eigenvalue weighted by Crippen LogP contribution is 2.23. The van der Waals surface area contributed by atoms with E-state index in [0.29, 0.717) is 17.1 Å². The molecule has 0 unspecified atom stereocenters. The molecule has 1 fully saturated rings. The number of para-hydroxylation sites is 1. The summed E-state index contributed by atoms with van der Waals surface area (Å²) in [7, 11) is 0. The molecule has 6 nitrogen and oxygen atoms in total. The van der Waals surface area contributed by atoms with Gasteiger partial charge in [-0.25, -0.2) is 4.98 Å². The molecule has 2 aromatic rings. The standard InChI is InChI=1S/C18H20N4O2/c19-16(23)13-7-2-3-9-15(13)21-18(24)14-8-6-10-20-17(14)22-11-4-1-5-12-22/h2-3,6-10H,1,4-5,11-12H2,(H2,19,23)(H,21,24). The first-order valence-electron chi connectivity index (χ1n) is 8.07. The minimum absolute atomic E-state index is 0.286.